The summed E-state index contributed by atoms with van der Waals surface area (Å²) in [4.78, 5) is 16.9. The van der Waals surface area contributed by atoms with Gasteiger partial charge in [-0.1, -0.05) is 53.5 Å². The molecule has 0 atom stereocenters. The molecule has 0 unspecified atom stereocenters. The van der Waals surface area contributed by atoms with Gasteiger partial charge in [0.2, 0.25) is 0 Å². The number of hydrogen-bond donors (Lipinski definition) is 0. The van der Waals surface area contributed by atoms with Gasteiger partial charge in [0.05, 0.1) is 41.9 Å². The summed E-state index contributed by atoms with van der Waals surface area (Å²) in [7, 11) is 3.23. The van der Waals surface area contributed by atoms with E-state index in [2.05, 4.69) is 15.5 Å². The third-order valence-corrected chi connectivity index (χ3v) is 6.99. The molecule has 0 aliphatic heterocycles. The van der Waals surface area contributed by atoms with Gasteiger partial charge in [-0.2, -0.15) is 0 Å². The molecule has 0 N–H and O–H groups in total. The summed E-state index contributed by atoms with van der Waals surface area (Å²) in [5.41, 5.74) is 3.08. The average molecular weight is 528 g/mol. The van der Waals surface area contributed by atoms with Crippen LogP contribution in [0.4, 0.5) is 5.69 Å². The molecule has 9 heteroatoms. The monoisotopic (exact) mass is 527 g/mol. The van der Waals surface area contributed by atoms with Crippen LogP contribution >= 0.6 is 35.1 Å². The number of methoxy groups -OCH3 is 2. The molecule has 0 amide bonds. The number of para-hydroxylation sites is 1. The molecule has 0 fully saturated rings. The zero-order chi connectivity index (χ0) is 24.8. The first kappa shape index (κ1) is 25.3. The van der Waals surface area contributed by atoms with Gasteiger partial charge < -0.3 is 9.47 Å². The minimum atomic E-state index is 0.170. The molecule has 4 rings (SSSR count). The first-order chi connectivity index (χ1) is 17.0. The number of ether oxygens (including phenoxy) is 2. The molecule has 1 heterocycles. The lowest BCUT2D eigenvalue weighted by Crippen LogP contribution is -2.19. The summed E-state index contributed by atoms with van der Waals surface area (Å²) in [6.07, 6.45) is 0.721. The third kappa shape index (κ3) is 6.24. The van der Waals surface area contributed by atoms with Crippen LogP contribution in [0.1, 0.15) is 11.3 Å². The van der Waals surface area contributed by atoms with E-state index in [1.54, 1.807) is 20.3 Å². The Labute approximate surface area is 218 Å². The minimum Gasteiger partial charge on any atom is -0.493 e. The topological polar surface area (TPSA) is 64.0 Å². The number of nitroso groups, excluding NO2 is 1. The number of pyridine rings is 1. The first-order valence-corrected chi connectivity index (χ1v) is 12.3. The molecule has 0 aliphatic carbocycles. The Morgan fingerprint density at radius 3 is 2.54 bits per heavy atom. The van der Waals surface area contributed by atoms with Crippen LogP contribution in [0.3, 0.4) is 0 Å². The van der Waals surface area contributed by atoms with E-state index in [-0.39, 0.29) is 10.7 Å². The highest BCUT2D eigenvalue weighted by Crippen LogP contribution is 2.40. The maximum atomic E-state index is 11.5. The van der Waals surface area contributed by atoms with Crippen LogP contribution in [0.25, 0.3) is 10.9 Å². The Morgan fingerprint density at radius 1 is 0.971 bits per heavy atom. The molecule has 0 saturated heterocycles. The predicted molar refractivity (Wildman–Crippen MR) is 143 cm³/mol. The fourth-order valence-electron chi connectivity index (χ4n) is 3.66. The molecule has 4 aromatic rings. The molecular weight excluding hydrogens is 505 g/mol. The quantitative estimate of drug-likeness (QED) is 0.155. The Balaban J connectivity index is 1.61. The van der Waals surface area contributed by atoms with Gasteiger partial charge in [-0.25, -0.2) is 4.31 Å². The number of fused-ring (bicyclic) bond motifs is 1. The largest absolute Gasteiger partial charge is 0.493 e. The lowest BCUT2D eigenvalue weighted by atomic mass is 10.1. The molecule has 35 heavy (non-hydrogen) atoms. The SMILES string of the molecule is COc1ccc(CCN(Cc2ccc3ccccc3n2)Sc2cc(Cl)cc(Cl)c2N=O)cc1OC. The molecule has 0 aliphatic rings. The Hall–Kier alpha value is -2.84. The highest BCUT2D eigenvalue weighted by Gasteiger charge is 2.17. The van der Waals surface area contributed by atoms with E-state index in [0.29, 0.717) is 34.5 Å². The summed E-state index contributed by atoms with van der Waals surface area (Å²) in [6.45, 7) is 1.18. The van der Waals surface area contributed by atoms with Crippen molar-refractivity contribution in [2.75, 3.05) is 20.8 Å². The molecule has 180 valence electrons. The highest BCUT2D eigenvalue weighted by molar-refractivity contribution is 7.97. The van der Waals surface area contributed by atoms with Crippen LogP contribution in [0, 0.1) is 4.91 Å². The van der Waals surface area contributed by atoms with Crippen molar-refractivity contribution in [3.8, 4) is 11.5 Å². The summed E-state index contributed by atoms with van der Waals surface area (Å²) >= 11 is 13.8. The van der Waals surface area contributed by atoms with Gasteiger partial charge in [-0.3, -0.25) is 4.98 Å². The van der Waals surface area contributed by atoms with Crippen LogP contribution in [0.2, 0.25) is 10.0 Å². The van der Waals surface area contributed by atoms with Crippen molar-refractivity contribution in [3.63, 3.8) is 0 Å². The third-order valence-electron chi connectivity index (χ3n) is 5.40. The number of aromatic nitrogens is 1. The van der Waals surface area contributed by atoms with Crippen LogP contribution < -0.4 is 9.47 Å². The normalized spacial score (nSPS) is 11.1. The van der Waals surface area contributed by atoms with E-state index in [1.807, 2.05) is 48.5 Å². The van der Waals surface area contributed by atoms with Crippen molar-refractivity contribution in [2.45, 2.75) is 17.9 Å². The van der Waals surface area contributed by atoms with Gasteiger partial charge in [0.1, 0.15) is 5.69 Å². The minimum absolute atomic E-state index is 0.170. The van der Waals surface area contributed by atoms with Gasteiger partial charge in [-0.15, -0.1) is 4.91 Å². The molecule has 0 saturated carbocycles. The fourth-order valence-corrected chi connectivity index (χ4v) is 5.38. The second-order valence-electron chi connectivity index (χ2n) is 7.72. The zero-order valence-electron chi connectivity index (χ0n) is 19.2. The van der Waals surface area contributed by atoms with Crippen LogP contribution in [-0.2, 0) is 13.0 Å². The van der Waals surface area contributed by atoms with Crippen molar-refractivity contribution in [1.82, 2.24) is 9.29 Å². The molecule has 0 spiro atoms. The Kier molecular flexibility index (Phi) is 8.46. The number of nitrogens with zero attached hydrogens (tertiary/aromatic N) is 3. The summed E-state index contributed by atoms with van der Waals surface area (Å²) in [6, 6.07) is 21.1. The average Bonchev–Trinajstić information content (AvgIpc) is 2.86. The van der Waals surface area contributed by atoms with Crippen LogP contribution in [-0.4, -0.2) is 30.1 Å². The Bertz CT molecular complexity index is 1350. The van der Waals surface area contributed by atoms with E-state index in [4.69, 9.17) is 37.7 Å². The van der Waals surface area contributed by atoms with Gasteiger partial charge in [0.15, 0.2) is 11.5 Å². The number of hydrogen-bond acceptors (Lipinski definition) is 7. The van der Waals surface area contributed by atoms with Crippen molar-refractivity contribution >= 4 is 51.7 Å². The summed E-state index contributed by atoms with van der Waals surface area (Å²) in [5, 5.41) is 4.88. The van der Waals surface area contributed by atoms with E-state index in [1.165, 1.54) is 18.0 Å². The summed E-state index contributed by atoms with van der Waals surface area (Å²) in [5.74, 6) is 1.35. The Morgan fingerprint density at radius 2 is 1.77 bits per heavy atom. The van der Waals surface area contributed by atoms with Crippen molar-refractivity contribution < 1.29 is 9.47 Å². The molecule has 0 bridgehead atoms. The number of benzene rings is 3. The second-order valence-corrected chi connectivity index (χ2v) is 9.70. The molecule has 0 radical (unpaired) electrons. The van der Waals surface area contributed by atoms with E-state index in [0.717, 1.165) is 28.6 Å². The van der Waals surface area contributed by atoms with E-state index in [9.17, 15) is 4.91 Å². The van der Waals surface area contributed by atoms with Crippen molar-refractivity contribution in [1.29, 1.82) is 0 Å². The van der Waals surface area contributed by atoms with Crippen LogP contribution in [0.15, 0.2) is 76.8 Å². The zero-order valence-corrected chi connectivity index (χ0v) is 21.5. The lowest BCUT2D eigenvalue weighted by Gasteiger charge is -2.22. The smallest absolute Gasteiger partial charge is 0.160 e. The van der Waals surface area contributed by atoms with Gasteiger partial charge in [-0.05, 0) is 65.5 Å². The molecule has 1 aromatic heterocycles. The van der Waals surface area contributed by atoms with Gasteiger partial charge in [0, 0.05) is 17.0 Å². The molecule has 6 nitrogen and oxygen atoms in total. The maximum absolute atomic E-state index is 11.5. The predicted octanol–water partition coefficient (Wildman–Crippen LogP) is 7.71. The highest BCUT2D eigenvalue weighted by atomic mass is 35.5. The number of rotatable bonds is 10. The van der Waals surface area contributed by atoms with E-state index >= 15 is 0 Å². The number of halogens is 2. The first-order valence-electron chi connectivity index (χ1n) is 10.8. The van der Waals surface area contributed by atoms with Crippen molar-refractivity contribution in [2.24, 2.45) is 5.18 Å². The molecular formula is C26H23Cl2N3O3S. The van der Waals surface area contributed by atoms with Crippen molar-refractivity contribution in [3.05, 3.63) is 92.9 Å². The van der Waals surface area contributed by atoms with Gasteiger partial charge >= 0.3 is 0 Å². The molecule has 3 aromatic carbocycles. The van der Waals surface area contributed by atoms with Crippen LogP contribution in [0.5, 0.6) is 11.5 Å². The van der Waals surface area contributed by atoms with E-state index < -0.39 is 0 Å². The summed E-state index contributed by atoms with van der Waals surface area (Å²) < 4.78 is 12.9. The maximum Gasteiger partial charge on any atom is 0.160 e. The van der Waals surface area contributed by atoms with Gasteiger partial charge in [0.25, 0.3) is 0 Å². The fraction of sp³-hybridized carbons (Fsp3) is 0.192. The lowest BCUT2D eigenvalue weighted by molar-refractivity contribution is 0.354. The standard InChI is InChI=1S/C26H23Cl2N3O3S/c1-33-23-10-7-17(13-24(23)34-2)11-12-31(35-25-15-19(27)14-21(28)26(25)30-32)16-20-9-8-18-5-3-4-6-22(18)29-20/h3-10,13-15H,11-12,16H2,1-2H3. The second kappa shape index (κ2) is 11.7.